The Labute approximate surface area is 184 Å². The van der Waals surface area contributed by atoms with Gasteiger partial charge in [0.2, 0.25) is 0 Å². The molecule has 3 aromatic rings. The van der Waals surface area contributed by atoms with Gasteiger partial charge in [-0.1, -0.05) is 42.1 Å². The molecule has 4 atom stereocenters. The predicted molar refractivity (Wildman–Crippen MR) is 118 cm³/mol. The first-order chi connectivity index (χ1) is 15.1. The standard InChI is InChI=1S/C21H27N5O4S/c1-3-25(4-2)18-15-19(23-12-22-18)26(20-17(29)16(28)14(10-27)30-20)21(24-15)31-11-13-8-6-5-7-9-13/h5-9,12,14,16-17,20,27-29H,3-4,10-11H2,1-2H3/t14-,16-,17-,20-/m1/s1. The van der Waals surface area contributed by atoms with Gasteiger partial charge in [0.15, 0.2) is 28.4 Å². The largest absolute Gasteiger partial charge is 0.394 e. The van der Waals surface area contributed by atoms with Crippen molar-refractivity contribution < 1.29 is 20.1 Å². The van der Waals surface area contributed by atoms with Crippen LogP contribution in [0.1, 0.15) is 25.6 Å². The fraction of sp³-hybridized carbons (Fsp3) is 0.476. The molecular weight excluding hydrogens is 418 g/mol. The Hall–Kier alpha value is -2.24. The van der Waals surface area contributed by atoms with Crippen LogP contribution in [0.15, 0.2) is 41.8 Å². The van der Waals surface area contributed by atoms with Gasteiger partial charge in [-0.2, -0.15) is 0 Å². The summed E-state index contributed by atoms with van der Waals surface area (Å²) >= 11 is 1.49. The second-order valence-electron chi connectivity index (χ2n) is 7.31. The van der Waals surface area contributed by atoms with Crippen molar-refractivity contribution in [3.63, 3.8) is 0 Å². The van der Waals surface area contributed by atoms with Gasteiger partial charge >= 0.3 is 0 Å². The van der Waals surface area contributed by atoms with Crippen molar-refractivity contribution in [1.82, 2.24) is 19.5 Å². The molecule has 1 aliphatic heterocycles. The second-order valence-corrected chi connectivity index (χ2v) is 8.25. The summed E-state index contributed by atoms with van der Waals surface area (Å²) in [7, 11) is 0. The minimum absolute atomic E-state index is 0.395. The summed E-state index contributed by atoms with van der Waals surface area (Å²) in [5, 5.41) is 31.1. The third-order valence-electron chi connectivity index (χ3n) is 5.47. The molecule has 31 heavy (non-hydrogen) atoms. The smallest absolute Gasteiger partial charge is 0.172 e. The van der Waals surface area contributed by atoms with E-state index in [2.05, 4.69) is 14.9 Å². The molecule has 4 rings (SSSR count). The third-order valence-corrected chi connectivity index (χ3v) is 6.49. The zero-order valence-corrected chi connectivity index (χ0v) is 18.3. The summed E-state index contributed by atoms with van der Waals surface area (Å²) in [4.78, 5) is 15.8. The van der Waals surface area contributed by atoms with Gasteiger partial charge in [-0.15, -0.1) is 0 Å². The van der Waals surface area contributed by atoms with Gasteiger partial charge in [0, 0.05) is 18.8 Å². The lowest BCUT2D eigenvalue weighted by Gasteiger charge is -2.20. The molecule has 0 unspecified atom stereocenters. The van der Waals surface area contributed by atoms with Crippen LogP contribution in [0, 0.1) is 0 Å². The molecule has 0 aliphatic carbocycles. The van der Waals surface area contributed by atoms with Crippen molar-refractivity contribution in [2.75, 3.05) is 24.6 Å². The summed E-state index contributed by atoms with van der Waals surface area (Å²) in [5.74, 6) is 1.37. The minimum Gasteiger partial charge on any atom is -0.394 e. The lowest BCUT2D eigenvalue weighted by Crippen LogP contribution is -2.33. The molecule has 0 spiro atoms. The normalized spacial score (nSPS) is 23.5. The maximum absolute atomic E-state index is 10.7. The van der Waals surface area contributed by atoms with E-state index in [1.807, 2.05) is 44.2 Å². The minimum atomic E-state index is -1.22. The van der Waals surface area contributed by atoms with Crippen LogP contribution in [-0.4, -0.2) is 72.8 Å². The molecule has 1 aromatic carbocycles. The number of hydrogen-bond acceptors (Lipinski definition) is 9. The topological polar surface area (TPSA) is 117 Å². The Morgan fingerprint density at radius 1 is 1.10 bits per heavy atom. The van der Waals surface area contributed by atoms with E-state index < -0.39 is 31.1 Å². The maximum atomic E-state index is 10.7. The van der Waals surface area contributed by atoms with Crippen molar-refractivity contribution >= 4 is 28.7 Å². The van der Waals surface area contributed by atoms with E-state index in [1.165, 1.54) is 18.1 Å². The average Bonchev–Trinajstić information content (AvgIpc) is 3.31. The lowest BCUT2D eigenvalue weighted by atomic mass is 10.1. The third kappa shape index (κ3) is 4.13. The van der Waals surface area contributed by atoms with E-state index in [1.54, 1.807) is 4.57 Å². The number of rotatable bonds is 8. The van der Waals surface area contributed by atoms with Crippen molar-refractivity contribution in [1.29, 1.82) is 0 Å². The number of anilines is 1. The molecule has 3 heterocycles. The first-order valence-electron chi connectivity index (χ1n) is 10.4. The number of fused-ring (bicyclic) bond motifs is 1. The Morgan fingerprint density at radius 2 is 1.84 bits per heavy atom. The summed E-state index contributed by atoms with van der Waals surface area (Å²) in [6.45, 7) is 5.22. The van der Waals surface area contributed by atoms with Crippen LogP contribution in [0.2, 0.25) is 0 Å². The van der Waals surface area contributed by atoms with Crippen molar-refractivity contribution in [3.05, 3.63) is 42.2 Å². The van der Waals surface area contributed by atoms with E-state index in [0.717, 1.165) is 18.7 Å². The van der Waals surface area contributed by atoms with Gasteiger partial charge in [-0.25, -0.2) is 15.0 Å². The van der Waals surface area contributed by atoms with Gasteiger partial charge in [0.05, 0.1) is 6.61 Å². The number of thioether (sulfide) groups is 1. The number of nitrogens with zero attached hydrogens (tertiary/aromatic N) is 5. The number of benzene rings is 1. The van der Waals surface area contributed by atoms with Gasteiger partial charge in [-0.05, 0) is 19.4 Å². The fourth-order valence-corrected chi connectivity index (χ4v) is 4.75. The van der Waals surface area contributed by atoms with Crippen LogP contribution in [0.4, 0.5) is 5.82 Å². The number of hydrogen-bond donors (Lipinski definition) is 3. The SMILES string of the molecule is CCN(CC)c1ncnc2c1nc(SCc1ccccc1)n2[C@@H]1O[C@H](CO)[C@@H](O)[C@H]1O. The van der Waals surface area contributed by atoms with E-state index in [4.69, 9.17) is 9.72 Å². The van der Waals surface area contributed by atoms with Gasteiger partial charge in [0.25, 0.3) is 0 Å². The molecule has 0 bridgehead atoms. The molecule has 3 N–H and O–H groups in total. The van der Waals surface area contributed by atoms with E-state index in [-0.39, 0.29) is 0 Å². The van der Waals surface area contributed by atoms with Crippen molar-refractivity contribution in [2.45, 2.75) is 49.3 Å². The highest BCUT2D eigenvalue weighted by atomic mass is 32.2. The molecule has 166 valence electrons. The van der Waals surface area contributed by atoms with Crippen molar-refractivity contribution in [3.8, 4) is 0 Å². The number of ether oxygens (including phenoxy) is 1. The Morgan fingerprint density at radius 3 is 2.48 bits per heavy atom. The van der Waals surface area contributed by atoms with Gasteiger partial charge in [0.1, 0.15) is 24.6 Å². The summed E-state index contributed by atoms with van der Waals surface area (Å²) in [5.41, 5.74) is 2.25. The zero-order chi connectivity index (χ0) is 22.0. The summed E-state index contributed by atoms with van der Waals surface area (Å²) < 4.78 is 7.53. The predicted octanol–water partition coefficient (Wildman–Crippen LogP) is 1.58. The molecule has 1 fully saturated rings. The Balaban J connectivity index is 1.80. The number of imidazole rings is 1. The van der Waals surface area contributed by atoms with Crippen LogP contribution in [0.25, 0.3) is 11.2 Å². The first-order valence-corrected chi connectivity index (χ1v) is 11.3. The number of aromatic nitrogens is 4. The van der Waals surface area contributed by atoms with E-state index in [0.29, 0.717) is 27.9 Å². The highest BCUT2D eigenvalue weighted by Crippen LogP contribution is 2.37. The maximum Gasteiger partial charge on any atom is 0.172 e. The molecule has 9 nitrogen and oxygen atoms in total. The first kappa shape index (κ1) is 22.0. The Kier molecular flexibility index (Phi) is 6.73. The monoisotopic (exact) mass is 445 g/mol. The highest BCUT2D eigenvalue weighted by molar-refractivity contribution is 7.98. The van der Waals surface area contributed by atoms with E-state index >= 15 is 0 Å². The average molecular weight is 446 g/mol. The summed E-state index contributed by atoms with van der Waals surface area (Å²) in [6, 6.07) is 10.00. The summed E-state index contributed by atoms with van der Waals surface area (Å²) in [6.07, 6.45) is -2.76. The molecule has 2 aromatic heterocycles. The van der Waals surface area contributed by atoms with Gasteiger partial charge in [-0.3, -0.25) is 4.57 Å². The van der Waals surface area contributed by atoms with E-state index in [9.17, 15) is 15.3 Å². The fourth-order valence-electron chi connectivity index (χ4n) is 3.78. The molecule has 10 heteroatoms. The van der Waals surface area contributed by atoms with Crippen LogP contribution >= 0.6 is 11.8 Å². The molecule has 0 amide bonds. The molecule has 1 saturated heterocycles. The quantitative estimate of drug-likeness (QED) is 0.444. The molecule has 0 saturated carbocycles. The molecule has 0 radical (unpaired) electrons. The van der Waals surface area contributed by atoms with Crippen LogP contribution in [0.3, 0.4) is 0 Å². The van der Waals surface area contributed by atoms with Gasteiger partial charge < -0.3 is 25.0 Å². The molecular formula is C21H27N5O4S. The number of aliphatic hydroxyl groups excluding tert-OH is 3. The van der Waals surface area contributed by atoms with Crippen LogP contribution < -0.4 is 4.90 Å². The lowest BCUT2D eigenvalue weighted by molar-refractivity contribution is -0.0548. The zero-order valence-electron chi connectivity index (χ0n) is 17.5. The van der Waals surface area contributed by atoms with Crippen LogP contribution in [0.5, 0.6) is 0 Å². The number of aliphatic hydroxyl groups is 3. The Bertz CT molecular complexity index is 1010. The van der Waals surface area contributed by atoms with Crippen molar-refractivity contribution in [2.24, 2.45) is 0 Å². The highest BCUT2D eigenvalue weighted by Gasteiger charge is 2.45. The second kappa shape index (κ2) is 9.49. The molecule has 1 aliphatic rings. The van der Waals surface area contributed by atoms with Crippen LogP contribution in [-0.2, 0) is 10.5 Å².